The lowest BCUT2D eigenvalue weighted by Gasteiger charge is -2.38. The fourth-order valence-electron chi connectivity index (χ4n) is 2.60. The third-order valence-corrected chi connectivity index (χ3v) is 4.81. The number of likely N-dealkylation sites (tertiary alicyclic amines) is 1. The van der Waals surface area contributed by atoms with Crippen molar-refractivity contribution >= 4 is 18.5 Å². The van der Waals surface area contributed by atoms with Gasteiger partial charge in [0.05, 0.1) is 24.3 Å². The van der Waals surface area contributed by atoms with Crippen LogP contribution in [0.25, 0.3) is 0 Å². The zero-order valence-electron chi connectivity index (χ0n) is 13.7. The second-order valence-corrected chi connectivity index (χ2v) is 7.23. The second-order valence-electron chi connectivity index (χ2n) is 7.23. The lowest BCUT2D eigenvalue weighted by atomic mass is 9.79. The van der Waals surface area contributed by atoms with Gasteiger partial charge in [-0.05, 0) is 45.3 Å². The van der Waals surface area contributed by atoms with Gasteiger partial charge < -0.3 is 14.2 Å². The summed E-state index contributed by atoms with van der Waals surface area (Å²) in [6.07, 6.45) is 0. The van der Waals surface area contributed by atoms with Crippen LogP contribution >= 0.6 is 0 Å². The first-order chi connectivity index (χ1) is 10.5. The Balaban J connectivity index is 1.70. The number of carbonyl (C=O) groups is 1. The highest BCUT2D eigenvalue weighted by molar-refractivity contribution is 6.62. The van der Waals surface area contributed by atoms with Gasteiger partial charge in [0.2, 0.25) is 0 Å². The van der Waals surface area contributed by atoms with Crippen LogP contribution in [0.4, 0.5) is 8.78 Å². The molecule has 2 fully saturated rings. The molecule has 23 heavy (non-hydrogen) atoms. The summed E-state index contributed by atoms with van der Waals surface area (Å²) >= 11 is 0. The van der Waals surface area contributed by atoms with Crippen molar-refractivity contribution in [3.05, 3.63) is 29.8 Å². The van der Waals surface area contributed by atoms with Gasteiger partial charge >= 0.3 is 7.12 Å². The van der Waals surface area contributed by atoms with Gasteiger partial charge in [0.1, 0.15) is 0 Å². The molecule has 0 aromatic heterocycles. The first-order valence-electron chi connectivity index (χ1n) is 7.63. The Morgan fingerprint density at radius 3 is 1.96 bits per heavy atom. The summed E-state index contributed by atoms with van der Waals surface area (Å²) in [5.74, 6) is -3.13. The molecule has 124 valence electrons. The minimum atomic E-state index is -2.75. The summed E-state index contributed by atoms with van der Waals surface area (Å²) in [6, 6.07) is 6.74. The van der Waals surface area contributed by atoms with E-state index >= 15 is 0 Å². The molecule has 2 heterocycles. The van der Waals surface area contributed by atoms with Crippen LogP contribution < -0.4 is 5.46 Å². The Kier molecular flexibility index (Phi) is 3.57. The van der Waals surface area contributed by atoms with E-state index in [0.29, 0.717) is 5.56 Å². The van der Waals surface area contributed by atoms with Crippen molar-refractivity contribution in [2.24, 2.45) is 0 Å². The van der Waals surface area contributed by atoms with Crippen molar-refractivity contribution in [1.29, 1.82) is 0 Å². The number of alkyl halides is 2. The quantitative estimate of drug-likeness (QED) is 0.782. The van der Waals surface area contributed by atoms with Gasteiger partial charge in [0, 0.05) is 5.56 Å². The van der Waals surface area contributed by atoms with Crippen LogP contribution in [0, 0.1) is 0 Å². The maximum Gasteiger partial charge on any atom is 0.494 e. The predicted molar refractivity (Wildman–Crippen MR) is 83.0 cm³/mol. The number of nitrogens with zero attached hydrogens (tertiary/aromatic N) is 1. The van der Waals surface area contributed by atoms with Crippen molar-refractivity contribution in [1.82, 2.24) is 4.90 Å². The molecule has 0 radical (unpaired) electrons. The summed E-state index contributed by atoms with van der Waals surface area (Å²) in [5.41, 5.74) is 0.319. The van der Waals surface area contributed by atoms with Crippen molar-refractivity contribution in [3.8, 4) is 0 Å². The highest BCUT2D eigenvalue weighted by Gasteiger charge is 2.51. The number of halogens is 2. The van der Waals surface area contributed by atoms with Gasteiger partial charge in [-0.25, -0.2) is 8.78 Å². The molecule has 2 aliphatic rings. The maximum atomic E-state index is 12.9. The molecule has 0 unspecified atom stereocenters. The number of rotatable bonds is 2. The summed E-state index contributed by atoms with van der Waals surface area (Å²) in [5, 5.41) is 0. The fourth-order valence-corrected chi connectivity index (χ4v) is 2.60. The van der Waals surface area contributed by atoms with Crippen molar-refractivity contribution in [2.75, 3.05) is 13.1 Å². The van der Waals surface area contributed by atoms with Crippen molar-refractivity contribution in [2.45, 2.75) is 44.8 Å². The van der Waals surface area contributed by atoms with E-state index in [9.17, 15) is 13.6 Å². The van der Waals surface area contributed by atoms with E-state index in [0.717, 1.165) is 10.4 Å². The molecule has 3 rings (SSSR count). The van der Waals surface area contributed by atoms with E-state index in [2.05, 4.69) is 0 Å². The molecule has 1 aromatic carbocycles. The van der Waals surface area contributed by atoms with E-state index in [1.807, 2.05) is 27.7 Å². The minimum Gasteiger partial charge on any atom is -0.399 e. The van der Waals surface area contributed by atoms with Gasteiger partial charge in [0.15, 0.2) is 0 Å². The average Bonchev–Trinajstić information content (AvgIpc) is 2.64. The molecular formula is C16H20BF2NO3. The molecule has 0 bridgehead atoms. The number of carbonyl (C=O) groups excluding carboxylic acids is 1. The molecule has 0 atom stereocenters. The smallest absolute Gasteiger partial charge is 0.399 e. The second kappa shape index (κ2) is 5.01. The summed E-state index contributed by atoms with van der Waals surface area (Å²) in [6.45, 7) is 6.85. The van der Waals surface area contributed by atoms with Gasteiger partial charge in [-0.2, -0.15) is 0 Å². The fraction of sp³-hybridized carbons (Fsp3) is 0.562. The van der Waals surface area contributed by atoms with Crippen LogP contribution in [0.15, 0.2) is 24.3 Å². The molecule has 0 N–H and O–H groups in total. The summed E-state index contributed by atoms with van der Waals surface area (Å²) < 4.78 is 37.6. The zero-order valence-corrected chi connectivity index (χ0v) is 13.7. The van der Waals surface area contributed by atoms with Crippen LogP contribution in [0.2, 0.25) is 0 Å². The van der Waals surface area contributed by atoms with Gasteiger partial charge in [0.25, 0.3) is 11.8 Å². The third kappa shape index (κ3) is 2.88. The molecule has 1 aromatic rings. The Bertz CT molecular complexity index is 607. The lowest BCUT2D eigenvalue weighted by molar-refractivity contribution is -0.113. The Morgan fingerprint density at radius 2 is 1.52 bits per heavy atom. The predicted octanol–water partition coefficient (Wildman–Crippen LogP) is 2.08. The van der Waals surface area contributed by atoms with Crippen molar-refractivity contribution < 1.29 is 22.9 Å². The number of amides is 1. The molecule has 2 saturated heterocycles. The van der Waals surface area contributed by atoms with E-state index in [4.69, 9.17) is 9.31 Å². The zero-order chi connectivity index (χ0) is 17.0. The SMILES string of the molecule is CC1(C)OB(c2ccc(C(=O)N3CC(F)(F)C3)cc2)OC1(C)C. The third-order valence-electron chi connectivity index (χ3n) is 4.81. The largest absolute Gasteiger partial charge is 0.494 e. The van der Waals surface area contributed by atoms with Gasteiger partial charge in [-0.1, -0.05) is 12.1 Å². The molecular weight excluding hydrogens is 303 g/mol. The molecule has 0 saturated carbocycles. The molecule has 2 aliphatic heterocycles. The minimum absolute atomic E-state index is 0.378. The Morgan fingerprint density at radius 1 is 1.04 bits per heavy atom. The van der Waals surface area contributed by atoms with Crippen LogP contribution in [-0.4, -0.2) is 48.1 Å². The first kappa shape index (κ1) is 16.4. The highest BCUT2D eigenvalue weighted by Crippen LogP contribution is 2.36. The van der Waals surface area contributed by atoms with Crippen LogP contribution in [0.3, 0.4) is 0 Å². The first-order valence-corrected chi connectivity index (χ1v) is 7.63. The van der Waals surface area contributed by atoms with Crippen LogP contribution in [0.1, 0.15) is 38.1 Å². The van der Waals surface area contributed by atoms with E-state index in [1.54, 1.807) is 24.3 Å². The Labute approximate surface area is 134 Å². The molecule has 0 aliphatic carbocycles. The number of hydrogen-bond acceptors (Lipinski definition) is 3. The van der Waals surface area contributed by atoms with E-state index in [1.165, 1.54) is 0 Å². The maximum absolute atomic E-state index is 12.9. The number of benzene rings is 1. The molecule has 7 heteroatoms. The molecule has 0 spiro atoms. The topological polar surface area (TPSA) is 38.8 Å². The van der Waals surface area contributed by atoms with Gasteiger partial charge in [-0.15, -0.1) is 0 Å². The van der Waals surface area contributed by atoms with E-state index < -0.39 is 37.3 Å². The summed E-state index contributed by atoms with van der Waals surface area (Å²) in [4.78, 5) is 13.2. The number of hydrogen-bond donors (Lipinski definition) is 0. The lowest BCUT2D eigenvalue weighted by Crippen LogP contribution is -2.58. The molecule has 4 nitrogen and oxygen atoms in total. The highest BCUT2D eigenvalue weighted by atomic mass is 19.3. The van der Waals surface area contributed by atoms with Crippen molar-refractivity contribution in [3.63, 3.8) is 0 Å². The molecule has 1 amide bonds. The average molecular weight is 323 g/mol. The Hall–Kier alpha value is -1.47. The standard InChI is InChI=1S/C16H20BF2NO3/c1-14(2)15(3,4)23-17(22-14)12-7-5-11(6-8-12)13(21)20-9-16(18,19)10-20/h5-8H,9-10H2,1-4H3. The summed E-state index contributed by atoms with van der Waals surface area (Å²) in [7, 11) is -0.502. The van der Waals surface area contributed by atoms with E-state index in [-0.39, 0.29) is 5.91 Å². The van der Waals surface area contributed by atoms with Crippen LogP contribution in [0.5, 0.6) is 0 Å². The van der Waals surface area contributed by atoms with Gasteiger partial charge in [-0.3, -0.25) is 4.79 Å². The monoisotopic (exact) mass is 323 g/mol. The normalized spacial score (nSPS) is 24.4. The van der Waals surface area contributed by atoms with Crippen LogP contribution in [-0.2, 0) is 9.31 Å².